The molecule has 0 heterocycles. The van der Waals surface area contributed by atoms with Gasteiger partial charge in [-0.3, -0.25) is 13.9 Å². The first kappa shape index (κ1) is 26.9. The molecule has 2 rings (SSSR count). The number of halogens is 1. The van der Waals surface area contributed by atoms with Crippen LogP contribution in [0.25, 0.3) is 0 Å². The molecule has 2 amide bonds. The number of benzene rings is 2. The van der Waals surface area contributed by atoms with Crippen molar-refractivity contribution in [2.24, 2.45) is 0 Å². The van der Waals surface area contributed by atoms with Gasteiger partial charge >= 0.3 is 0 Å². The summed E-state index contributed by atoms with van der Waals surface area (Å²) in [6.45, 7) is 4.24. The van der Waals surface area contributed by atoms with Gasteiger partial charge in [0.25, 0.3) is 0 Å². The van der Waals surface area contributed by atoms with Crippen molar-refractivity contribution in [3.05, 3.63) is 64.6 Å². The average molecular weight is 539 g/mol. The molecule has 0 aliphatic heterocycles. The number of hydrogen-bond acceptors (Lipinski definition) is 4. The third-order valence-electron chi connectivity index (χ3n) is 5.19. The molecule has 0 aliphatic rings. The maximum atomic E-state index is 13.5. The molecule has 0 saturated carbocycles. The fraction of sp³-hybridized carbons (Fsp3) is 0.417. The zero-order valence-electron chi connectivity index (χ0n) is 19.3. The summed E-state index contributed by atoms with van der Waals surface area (Å²) in [5, 5.41) is 2.87. The van der Waals surface area contributed by atoms with Crippen molar-refractivity contribution in [3.63, 3.8) is 0 Å². The lowest BCUT2D eigenvalue weighted by molar-refractivity contribution is -0.139. The molecule has 33 heavy (non-hydrogen) atoms. The van der Waals surface area contributed by atoms with Crippen molar-refractivity contribution in [3.8, 4) is 0 Å². The number of nitrogens with zero attached hydrogens (tertiary/aromatic N) is 2. The molecule has 7 nitrogen and oxygen atoms in total. The van der Waals surface area contributed by atoms with Gasteiger partial charge in [-0.05, 0) is 43.0 Å². The van der Waals surface area contributed by atoms with Gasteiger partial charge in [0.15, 0.2) is 0 Å². The van der Waals surface area contributed by atoms with E-state index in [0.717, 1.165) is 22.5 Å². The van der Waals surface area contributed by atoms with E-state index in [0.29, 0.717) is 36.1 Å². The maximum Gasteiger partial charge on any atom is 0.244 e. The first-order valence-corrected chi connectivity index (χ1v) is 13.7. The van der Waals surface area contributed by atoms with Gasteiger partial charge in [-0.25, -0.2) is 8.42 Å². The molecule has 0 aliphatic carbocycles. The van der Waals surface area contributed by atoms with Crippen LogP contribution in [0.1, 0.15) is 32.3 Å². The van der Waals surface area contributed by atoms with Crippen molar-refractivity contribution in [2.45, 2.75) is 39.2 Å². The minimum atomic E-state index is -3.73. The van der Waals surface area contributed by atoms with Crippen molar-refractivity contribution in [1.82, 2.24) is 10.2 Å². The summed E-state index contributed by atoms with van der Waals surface area (Å²) < 4.78 is 26.9. The fourth-order valence-corrected chi connectivity index (χ4v) is 4.74. The number of carbonyl (C=O) groups excluding carboxylic acids is 2. The van der Waals surface area contributed by atoms with Crippen molar-refractivity contribution >= 4 is 43.5 Å². The summed E-state index contributed by atoms with van der Waals surface area (Å²) in [5.74, 6) is -0.649. The SMILES string of the molecule is CCCNC(=O)C(CC)N(CCc1ccccc1)C(=O)CN(c1cccc(Br)c1)S(C)(=O)=O. The van der Waals surface area contributed by atoms with Crippen LogP contribution in [-0.2, 0) is 26.0 Å². The Morgan fingerprint density at radius 1 is 1.06 bits per heavy atom. The largest absolute Gasteiger partial charge is 0.354 e. The van der Waals surface area contributed by atoms with E-state index in [1.54, 1.807) is 24.3 Å². The summed E-state index contributed by atoms with van der Waals surface area (Å²) >= 11 is 3.35. The second-order valence-corrected chi connectivity index (χ2v) is 10.6. The molecule has 1 unspecified atom stereocenters. The number of sulfonamides is 1. The molecule has 2 aromatic rings. The van der Waals surface area contributed by atoms with E-state index < -0.39 is 22.0 Å². The minimum Gasteiger partial charge on any atom is -0.354 e. The second kappa shape index (κ2) is 12.7. The maximum absolute atomic E-state index is 13.5. The molecule has 0 fully saturated rings. The van der Waals surface area contributed by atoms with E-state index in [9.17, 15) is 18.0 Å². The first-order chi connectivity index (χ1) is 15.7. The van der Waals surface area contributed by atoms with Gasteiger partial charge in [-0.2, -0.15) is 0 Å². The highest BCUT2D eigenvalue weighted by Gasteiger charge is 2.31. The lowest BCUT2D eigenvalue weighted by atomic mass is 10.1. The number of anilines is 1. The number of hydrogen-bond donors (Lipinski definition) is 1. The van der Waals surface area contributed by atoms with Gasteiger partial charge in [0.2, 0.25) is 21.8 Å². The Morgan fingerprint density at radius 3 is 2.33 bits per heavy atom. The Morgan fingerprint density at radius 2 is 1.76 bits per heavy atom. The molecule has 0 spiro atoms. The molecule has 0 bridgehead atoms. The average Bonchev–Trinajstić information content (AvgIpc) is 2.78. The molecule has 0 aromatic heterocycles. The highest BCUT2D eigenvalue weighted by Crippen LogP contribution is 2.22. The molecule has 180 valence electrons. The van der Waals surface area contributed by atoms with Crippen LogP contribution in [0.2, 0.25) is 0 Å². The quantitative estimate of drug-likeness (QED) is 0.448. The predicted octanol–water partition coefficient (Wildman–Crippen LogP) is 3.59. The van der Waals surface area contributed by atoms with Crippen molar-refractivity contribution < 1.29 is 18.0 Å². The zero-order chi connectivity index (χ0) is 24.4. The topological polar surface area (TPSA) is 86.8 Å². The van der Waals surface area contributed by atoms with Crippen LogP contribution in [-0.4, -0.2) is 57.1 Å². The van der Waals surface area contributed by atoms with E-state index in [-0.39, 0.29) is 12.5 Å². The van der Waals surface area contributed by atoms with Gasteiger partial charge in [0.1, 0.15) is 12.6 Å². The monoisotopic (exact) mass is 537 g/mol. The van der Waals surface area contributed by atoms with Crippen LogP contribution in [0.4, 0.5) is 5.69 Å². The van der Waals surface area contributed by atoms with Crippen LogP contribution in [0.3, 0.4) is 0 Å². The normalized spacial score (nSPS) is 12.1. The highest BCUT2D eigenvalue weighted by atomic mass is 79.9. The summed E-state index contributed by atoms with van der Waals surface area (Å²) in [4.78, 5) is 27.8. The number of carbonyl (C=O) groups is 2. The molecule has 0 saturated heterocycles. The molecule has 9 heteroatoms. The molecule has 2 aromatic carbocycles. The Balaban J connectivity index is 2.33. The third-order valence-corrected chi connectivity index (χ3v) is 6.83. The predicted molar refractivity (Wildman–Crippen MR) is 136 cm³/mol. The second-order valence-electron chi connectivity index (χ2n) is 7.79. The van der Waals surface area contributed by atoms with Crippen LogP contribution in [0, 0.1) is 0 Å². The van der Waals surface area contributed by atoms with E-state index in [1.165, 1.54) is 4.90 Å². The van der Waals surface area contributed by atoms with E-state index in [4.69, 9.17) is 0 Å². The highest BCUT2D eigenvalue weighted by molar-refractivity contribution is 9.10. The Hall–Kier alpha value is -2.39. The van der Waals surface area contributed by atoms with Crippen LogP contribution < -0.4 is 9.62 Å². The number of amides is 2. The number of rotatable bonds is 12. The summed E-state index contributed by atoms with van der Waals surface area (Å²) in [6.07, 6.45) is 2.83. The van der Waals surface area contributed by atoms with Crippen molar-refractivity contribution in [2.75, 3.05) is 30.2 Å². The van der Waals surface area contributed by atoms with Crippen LogP contribution in [0.15, 0.2) is 59.1 Å². The fourth-order valence-electron chi connectivity index (χ4n) is 3.51. The van der Waals surface area contributed by atoms with Gasteiger partial charge in [-0.1, -0.05) is 66.2 Å². The van der Waals surface area contributed by atoms with Gasteiger partial charge in [0.05, 0.1) is 11.9 Å². The third kappa shape index (κ3) is 8.16. The number of nitrogens with one attached hydrogen (secondary N) is 1. The van der Waals surface area contributed by atoms with E-state index >= 15 is 0 Å². The Kier molecular flexibility index (Phi) is 10.4. The van der Waals surface area contributed by atoms with E-state index in [2.05, 4.69) is 21.2 Å². The van der Waals surface area contributed by atoms with Crippen LogP contribution in [0.5, 0.6) is 0 Å². The van der Waals surface area contributed by atoms with Crippen LogP contribution >= 0.6 is 15.9 Å². The van der Waals surface area contributed by atoms with E-state index in [1.807, 2.05) is 44.2 Å². The molecule has 1 atom stereocenters. The summed E-state index contributed by atoms with van der Waals surface area (Å²) in [5.41, 5.74) is 1.41. The molecule has 0 radical (unpaired) electrons. The molecule has 1 N–H and O–H groups in total. The standard InChI is InChI=1S/C24H32BrN3O4S/c1-4-15-26-24(30)22(5-2)27(16-14-19-10-7-6-8-11-19)23(29)18-28(33(3,31)32)21-13-9-12-20(25)17-21/h6-13,17,22H,4-5,14-16,18H2,1-3H3,(H,26,30). The smallest absolute Gasteiger partial charge is 0.244 e. The van der Waals surface area contributed by atoms with Gasteiger partial charge in [-0.15, -0.1) is 0 Å². The van der Waals surface area contributed by atoms with Gasteiger partial charge < -0.3 is 10.2 Å². The molecular formula is C24H32BrN3O4S. The van der Waals surface area contributed by atoms with Crippen molar-refractivity contribution in [1.29, 1.82) is 0 Å². The Labute approximate surface area is 205 Å². The lowest BCUT2D eigenvalue weighted by Crippen LogP contribution is -2.53. The Bertz CT molecular complexity index is 1030. The molecular weight excluding hydrogens is 506 g/mol. The van der Waals surface area contributed by atoms with Gasteiger partial charge in [0, 0.05) is 17.6 Å². The zero-order valence-corrected chi connectivity index (χ0v) is 21.7. The summed E-state index contributed by atoms with van der Waals surface area (Å²) in [7, 11) is -3.73. The first-order valence-electron chi connectivity index (χ1n) is 11.0. The lowest BCUT2D eigenvalue weighted by Gasteiger charge is -2.32. The summed E-state index contributed by atoms with van der Waals surface area (Å²) in [6, 6.07) is 15.8. The minimum absolute atomic E-state index is 0.228.